The van der Waals surface area contributed by atoms with Crippen molar-refractivity contribution in [2.24, 2.45) is 0 Å². The molecule has 5 heteroatoms. The molecule has 2 amide bonds. The molecule has 1 aromatic heterocycles. The van der Waals surface area contributed by atoms with Crippen LogP contribution in [0.15, 0.2) is 18.3 Å². The molecular formula is C15H24N4O. The van der Waals surface area contributed by atoms with Crippen molar-refractivity contribution in [1.29, 1.82) is 0 Å². The number of aryl methyl sites for hydroxylation is 1. The number of amides is 2. The third-order valence-corrected chi connectivity index (χ3v) is 3.72. The Morgan fingerprint density at radius 3 is 2.75 bits per heavy atom. The largest absolute Gasteiger partial charge is 0.324 e. The number of hydrogen-bond acceptors (Lipinski definition) is 3. The van der Waals surface area contributed by atoms with Crippen molar-refractivity contribution in [2.75, 3.05) is 38.0 Å². The summed E-state index contributed by atoms with van der Waals surface area (Å²) in [5.41, 5.74) is 1.70. The number of urea groups is 1. The highest BCUT2D eigenvalue weighted by Crippen LogP contribution is 2.09. The molecule has 0 bridgehead atoms. The van der Waals surface area contributed by atoms with Gasteiger partial charge >= 0.3 is 6.03 Å². The molecule has 20 heavy (non-hydrogen) atoms. The van der Waals surface area contributed by atoms with E-state index in [1.54, 1.807) is 6.20 Å². The van der Waals surface area contributed by atoms with Crippen LogP contribution in [0, 0.1) is 6.92 Å². The van der Waals surface area contributed by atoms with Gasteiger partial charge in [0.05, 0.1) is 11.9 Å². The summed E-state index contributed by atoms with van der Waals surface area (Å²) in [6.45, 7) is 8.74. The molecule has 2 heterocycles. The van der Waals surface area contributed by atoms with Gasteiger partial charge in [-0.1, -0.05) is 0 Å². The van der Waals surface area contributed by atoms with Gasteiger partial charge < -0.3 is 15.1 Å². The number of likely N-dealkylation sites (N-methyl/N-ethyl adjacent to an activating group) is 1. The van der Waals surface area contributed by atoms with E-state index in [2.05, 4.69) is 15.2 Å². The van der Waals surface area contributed by atoms with Crippen molar-refractivity contribution in [1.82, 2.24) is 14.8 Å². The Kier molecular flexibility index (Phi) is 5.35. The molecule has 1 aliphatic heterocycles. The molecule has 0 atom stereocenters. The van der Waals surface area contributed by atoms with E-state index in [-0.39, 0.29) is 6.03 Å². The predicted molar refractivity (Wildman–Crippen MR) is 80.9 cm³/mol. The molecule has 0 spiro atoms. The predicted octanol–water partition coefficient (Wildman–Crippen LogP) is 2.34. The van der Waals surface area contributed by atoms with Gasteiger partial charge in [0.1, 0.15) is 0 Å². The van der Waals surface area contributed by atoms with Crippen molar-refractivity contribution < 1.29 is 4.79 Å². The van der Waals surface area contributed by atoms with Crippen molar-refractivity contribution in [3.8, 4) is 0 Å². The second-order valence-electron chi connectivity index (χ2n) is 5.25. The fraction of sp³-hybridized carbons (Fsp3) is 0.600. The van der Waals surface area contributed by atoms with Crippen LogP contribution >= 0.6 is 0 Å². The number of carbonyl (C=O) groups excluding carboxylic acids is 1. The summed E-state index contributed by atoms with van der Waals surface area (Å²) in [6, 6.07) is 3.74. The van der Waals surface area contributed by atoms with Gasteiger partial charge in [0.15, 0.2) is 0 Å². The molecule has 1 fully saturated rings. The maximum absolute atomic E-state index is 12.2. The normalized spacial score (nSPS) is 15.3. The number of pyridine rings is 1. The first-order chi connectivity index (χ1) is 9.69. The van der Waals surface area contributed by atoms with Crippen LogP contribution in [0.2, 0.25) is 0 Å². The number of rotatable bonds is 5. The topological polar surface area (TPSA) is 48.5 Å². The Hall–Kier alpha value is -1.62. The average Bonchev–Trinajstić information content (AvgIpc) is 2.95. The highest BCUT2D eigenvalue weighted by molar-refractivity contribution is 5.89. The lowest BCUT2D eigenvalue weighted by molar-refractivity contribution is 0.204. The van der Waals surface area contributed by atoms with Gasteiger partial charge in [-0.05, 0) is 51.9 Å². The van der Waals surface area contributed by atoms with E-state index in [1.165, 1.54) is 25.9 Å². The third-order valence-electron chi connectivity index (χ3n) is 3.72. The molecule has 110 valence electrons. The number of likely N-dealkylation sites (tertiary alicyclic amines) is 1. The van der Waals surface area contributed by atoms with Crippen LogP contribution in [0.5, 0.6) is 0 Å². The van der Waals surface area contributed by atoms with Crippen molar-refractivity contribution in [3.63, 3.8) is 0 Å². The highest BCUT2D eigenvalue weighted by Gasteiger charge is 2.16. The second kappa shape index (κ2) is 7.24. The highest BCUT2D eigenvalue weighted by atomic mass is 16.2. The van der Waals surface area contributed by atoms with Crippen LogP contribution in [0.3, 0.4) is 0 Å². The van der Waals surface area contributed by atoms with Gasteiger partial charge in [0, 0.05) is 25.3 Å². The molecule has 0 radical (unpaired) electrons. The molecule has 1 N–H and O–H groups in total. The summed E-state index contributed by atoms with van der Waals surface area (Å²) in [5, 5.41) is 2.90. The van der Waals surface area contributed by atoms with Crippen LogP contribution in [-0.4, -0.2) is 53.5 Å². The lowest BCUT2D eigenvalue weighted by Crippen LogP contribution is -2.40. The third kappa shape index (κ3) is 4.20. The van der Waals surface area contributed by atoms with Crippen molar-refractivity contribution >= 4 is 11.7 Å². The van der Waals surface area contributed by atoms with Gasteiger partial charge in [-0.15, -0.1) is 0 Å². The zero-order valence-corrected chi connectivity index (χ0v) is 12.4. The Labute approximate surface area is 121 Å². The molecule has 5 nitrogen and oxygen atoms in total. The molecule has 2 rings (SSSR count). The number of carbonyl (C=O) groups is 1. The van der Waals surface area contributed by atoms with Crippen LogP contribution in [0.1, 0.15) is 25.5 Å². The van der Waals surface area contributed by atoms with Crippen LogP contribution in [0.4, 0.5) is 10.5 Å². The molecular weight excluding hydrogens is 252 g/mol. The first kappa shape index (κ1) is 14.8. The minimum absolute atomic E-state index is 0.0441. The van der Waals surface area contributed by atoms with Crippen LogP contribution in [-0.2, 0) is 0 Å². The van der Waals surface area contributed by atoms with E-state index >= 15 is 0 Å². The Morgan fingerprint density at radius 2 is 2.15 bits per heavy atom. The smallest absolute Gasteiger partial charge is 0.321 e. The number of anilines is 1. The van der Waals surface area contributed by atoms with E-state index in [0.717, 1.165) is 31.0 Å². The fourth-order valence-corrected chi connectivity index (χ4v) is 2.42. The minimum Gasteiger partial charge on any atom is -0.324 e. The minimum atomic E-state index is -0.0441. The molecule has 1 aliphatic rings. The summed E-state index contributed by atoms with van der Waals surface area (Å²) in [6.07, 6.45) is 4.27. The first-order valence-corrected chi connectivity index (χ1v) is 7.40. The zero-order chi connectivity index (χ0) is 14.4. The van der Waals surface area contributed by atoms with E-state index in [9.17, 15) is 4.79 Å². The number of nitrogens with one attached hydrogen (secondary N) is 1. The number of nitrogens with zero attached hydrogens (tertiary/aromatic N) is 3. The van der Waals surface area contributed by atoms with Gasteiger partial charge in [-0.3, -0.25) is 4.98 Å². The Bertz CT molecular complexity index is 426. The van der Waals surface area contributed by atoms with Gasteiger partial charge in [0.25, 0.3) is 0 Å². The second-order valence-corrected chi connectivity index (χ2v) is 5.25. The summed E-state index contributed by atoms with van der Waals surface area (Å²) in [7, 11) is 0. The van der Waals surface area contributed by atoms with E-state index in [0.29, 0.717) is 0 Å². The quantitative estimate of drug-likeness (QED) is 0.898. The average molecular weight is 276 g/mol. The summed E-state index contributed by atoms with van der Waals surface area (Å²) >= 11 is 0. The monoisotopic (exact) mass is 276 g/mol. The van der Waals surface area contributed by atoms with Crippen LogP contribution in [0.25, 0.3) is 0 Å². The fourth-order valence-electron chi connectivity index (χ4n) is 2.42. The van der Waals surface area contributed by atoms with Crippen molar-refractivity contribution in [3.05, 3.63) is 24.0 Å². The molecule has 1 saturated heterocycles. The molecule has 0 unspecified atom stereocenters. The van der Waals surface area contributed by atoms with Gasteiger partial charge in [0.2, 0.25) is 0 Å². The molecule has 0 aliphatic carbocycles. The SMILES string of the molecule is CCN(CCN1CCCC1)C(=O)Nc1ccc(C)nc1. The number of aromatic nitrogens is 1. The van der Waals surface area contributed by atoms with Gasteiger partial charge in [-0.25, -0.2) is 4.79 Å². The van der Waals surface area contributed by atoms with Crippen LogP contribution < -0.4 is 5.32 Å². The summed E-state index contributed by atoms with van der Waals surface area (Å²) < 4.78 is 0. The molecule has 0 aromatic carbocycles. The molecule has 1 aromatic rings. The Balaban J connectivity index is 1.82. The maximum Gasteiger partial charge on any atom is 0.321 e. The van der Waals surface area contributed by atoms with E-state index in [1.807, 2.05) is 30.9 Å². The number of hydrogen-bond donors (Lipinski definition) is 1. The lowest BCUT2D eigenvalue weighted by Gasteiger charge is -2.24. The summed E-state index contributed by atoms with van der Waals surface area (Å²) in [4.78, 5) is 20.7. The molecule has 0 saturated carbocycles. The maximum atomic E-state index is 12.2. The summed E-state index contributed by atoms with van der Waals surface area (Å²) in [5.74, 6) is 0. The van der Waals surface area contributed by atoms with Gasteiger partial charge in [-0.2, -0.15) is 0 Å². The Morgan fingerprint density at radius 1 is 1.40 bits per heavy atom. The lowest BCUT2D eigenvalue weighted by atomic mass is 10.3. The van der Waals surface area contributed by atoms with E-state index < -0.39 is 0 Å². The van der Waals surface area contributed by atoms with E-state index in [4.69, 9.17) is 0 Å². The zero-order valence-electron chi connectivity index (χ0n) is 12.4. The first-order valence-electron chi connectivity index (χ1n) is 7.40. The standard InChI is InChI=1S/C15H24N4O/c1-3-19(11-10-18-8-4-5-9-18)15(20)17-14-7-6-13(2)16-12-14/h6-7,12H,3-5,8-11H2,1-2H3,(H,17,20). The van der Waals surface area contributed by atoms with Crippen molar-refractivity contribution in [2.45, 2.75) is 26.7 Å².